The Morgan fingerprint density at radius 3 is 2.02 bits per heavy atom. The molecule has 9 aromatic rings. The van der Waals surface area contributed by atoms with Crippen LogP contribution >= 0.6 is 10.0 Å². The number of fused-ring (bicyclic) bond motifs is 12. The molecule has 242 valence electrons. The van der Waals surface area contributed by atoms with Crippen LogP contribution in [0.4, 0.5) is 0 Å². The zero-order chi connectivity index (χ0) is 33.9. The number of benzene rings is 7. The number of pyridine rings is 1. The van der Waals surface area contributed by atoms with Gasteiger partial charge in [-0.25, -0.2) is 0 Å². The lowest BCUT2D eigenvalue weighted by Crippen LogP contribution is -2.39. The SMILES string of the molecule is CS1(C)c2ccccc2C2(c3ccccc3-n3c4ccccc4c4cccc2c43)c2cccc(-c3ccc(-c4cccc5cccnc45)cc3)c21. The second-order valence-corrected chi connectivity index (χ2v) is 17.8. The maximum absolute atomic E-state index is 4.75. The first-order valence-corrected chi connectivity index (χ1v) is 20.1. The van der Waals surface area contributed by atoms with Gasteiger partial charge in [-0.05, 0) is 80.6 Å². The van der Waals surface area contributed by atoms with Gasteiger partial charge in [-0.3, -0.25) is 4.98 Å². The van der Waals surface area contributed by atoms with E-state index in [0.29, 0.717) is 0 Å². The van der Waals surface area contributed by atoms with Gasteiger partial charge in [0.1, 0.15) is 0 Å². The van der Waals surface area contributed by atoms with E-state index in [9.17, 15) is 0 Å². The normalized spacial score (nSPS) is 17.3. The molecule has 2 aromatic heterocycles. The van der Waals surface area contributed by atoms with Gasteiger partial charge in [-0.1, -0.05) is 140 Å². The highest BCUT2D eigenvalue weighted by atomic mass is 32.3. The molecular weight excluding hydrogens is 637 g/mol. The molecule has 0 N–H and O–H groups in total. The minimum atomic E-state index is -1.44. The van der Waals surface area contributed by atoms with E-state index in [4.69, 9.17) is 4.98 Å². The monoisotopic (exact) mass is 670 g/mol. The van der Waals surface area contributed by atoms with Crippen molar-refractivity contribution in [1.29, 1.82) is 0 Å². The standard InChI is InChI=1S/C48H34N2S/c1-51(2)44-25-8-5-20-39(44)48(38-19-4-7-24-43(38)50-42-23-6-3-15-36(42)37-18-11-21-40(48)46(37)50)41-22-10-17-35(47(41)51)32-28-26-31(27-29-32)34-16-9-13-33-14-12-30-49-45(33)34/h3-30H,1-2H3. The molecule has 4 heterocycles. The third-order valence-corrected chi connectivity index (χ3v) is 14.5. The molecular formula is C48H34N2S. The van der Waals surface area contributed by atoms with Gasteiger partial charge in [-0.2, -0.15) is 10.0 Å². The molecule has 0 bridgehead atoms. The summed E-state index contributed by atoms with van der Waals surface area (Å²) < 4.78 is 2.53. The van der Waals surface area contributed by atoms with Crippen molar-refractivity contribution in [2.75, 3.05) is 12.5 Å². The fourth-order valence-electron chi connectivity index (χ4n) is 9.53. The zero-order valence-electron chi connectivity index (χ0n) is 28.5. The van der Waals surface area contributed by atoms with Crippen molar-refractivity contribution in [2.24, 2.45) is 0 Å². The summed E-state index contributed by atoms with van der Waals surface area (Å²) in [5.41, 5.74) is 14.8. The second-order valence-electron chi connectivity index (χ2n) is 14.3. The van der Waals surface area contributed by atoms with Crippen LogP contribution in [0, 0.1) is 0 Å². The lowest BCUT2D eigenvalue weighted by atomic mass is 9.62. The summed E-state index contributed by atoms with van der Waals surface area (Å²) in [4.78, 5) is 7.68. The van der Waals surface area contributed by atoms with Crippen LogP contribution in [-0.2, 0) is 5.41 Å². The zero-order valence-corrected chi connectivity index (χ0v) is 29.3. The minimum Gasteiger partial charge on any atom is -0.309 e. The summed E-state index contributed by atoms with van der Waals surface area (Å²) >= 11 is 0. The van der Waals surface area contributed by atoms with Crippen molar-refractivity contribution in [3.8, 4) is 27.9 Å². The third-order valence-electron chi connectivity index (χ3n) is 11.6. The Hall–Kier alpha value is -5.90. The van der Waals surface area contributed by atoms with E-state index in [1.165, 1.54) is 76.2 Å². The van der Waals surface area contributed by atoms with E-state index < -0.39 is 15.4 Å². The highest BCUT2D eigenvalue weighted by molar-refractivity contribution is 8.33. The molecule has 7 aromatic carbocycles. The van der Waals surface area contributed by atoms with Gasteiger partial charge in [0.2, 0.25) is 0 Å². The van der Waals surface area contributed by atoms with Crippen LogP contribution in [0.25, 0.3) is 60.6 Å². The van der Waals surface area contributed by atoms with Crippen LogP contribution < -0.4 is 0 Å². The molecule has 0 radical (unpaired) electrons. The van der Waals surface area contributed by atoms with E-state index >= 15 is 0 Å². The van der Waals surface area contributed by atoms with E-state index in [-0.39, 0.29) is 0 Å². The maximum atomic E-state index is 4.75. The van der Waals surface area contributed by atoms with Crippen LogP contribution in [0.15, 0.2) is 180 Å². The van der Waals surface area contributed by atoms with Crippen molar-refractivity contribution in [3.05, 3.63) is 192 Å². The summed E-state index contributed by atoms with van der Waals surface area (Å²) in [6.45, 7) is 0. The first kappa shape index (κ1) is 28.9. The fourth-order valence-corrected chi connectivity index (χ4v) is 12.5. The molecule has 1 unspecified atom stereocenters. The lowest BCUT2D eigenvalue weighted by molar-refractivity contribution is 0.687. The minimum absolute atomic E-state index is 0.487. The molecule has 0 amide bonds. The molecule has 0 aliphatic carbocycles. The maximum Gasteiger partial charge on any atom is 0.0780 e. The van der Waals surface area contributed by atoms with Crippen LogP contribution in [0.1, 0.15) is 22.3 Å². The Bertz CT molecular complexity index is 2890. The third kappa shape index (κ3) is 3.66. The van der Waals surface area contributed by atoms with Crippen molar-refractivity contribution >= 4 is 42.7 Å². The molecule has 2 aliphatic rings. The largest absolute Gasteiger partial charge is 0.309 e. The Morgan fingerprint density at radius 1 is 0.510 bits per heavy atom. The molecule has 51 heavy (non-hydrogen) atoms. The van der Waals surface area contributed by atoms with Crippen molar-refractivity contribution in [1.82, 2.24) is 9.55 Å². The highest BCUT2D eigenvalue weighted by Crippen LogP contribution is 2.71. The molecule has 1 spiro atoms. The Morgan fingerprint density at radius 2 is 1.14 bits per heavy atom. The van der Waals surface area contributed by atoms with Crippen molar-refractivity contribution in [3.63, 3.8) is 0 Å². The lowest BCUT2D eigenvalue weighted by Gasteiger charge is -2.52. The first-order valence-electron chi connectivity index (χ1n) is 17.6. The summed E-state index contributed by atoms with van der Waals surface area (Å²) in [6.07, 6.45) is 6.89. The molecule has 1 atom stereocenters. The van der Waals surface area contributed by atoms with Gasteiger partial charge in [-0.15, -0.1) is 0 Å². The predicted octanol–water partition coefficient (Wildman–Crippen LogP) is 12.2. The highest BCUT2D eigenvalue weighted by Gasteiger charge is 2.52. The molecule has 0 fully saturated rings. The van der Waals surface area contributed by atoms with Crippen molar-refractivity contribution in [2.45, 2.75) is 15.2 Å². The predicted molar refractivity (Wildman–Crippen MR) is 215 cm³/mol. The Balaban J connectivity index is 1.23. The smallest absolute Gasteiger partial charge is 0.0780 e. The fraction of sp³-hybridized carbons (Fsp3) is 0.0625. The molecule has 2 nitrogen and oxygen atoms in total. The Kier molecular flexibility index (Phi) is 5.85. The number of aromatic nitrogens is 2. The van der Waals surface area contributed by atoms with Gasteiger partial charge in [0.25, 0.3) is 0 Å². The number of para-hydroxylation sites is 4. The van der Waals surface area contributed by atoms with E-state index in [0.717, 1.165) is 16.5 Å². The van der Waals surface area contributed by atoms with Crippen LogP contribution in [0.3, 0.4) is 0 Å². The summed E-state index contributed by atoms with van der Waals surface area (Å²) in [6, 6.07) is 61.3. The van der Waals surface area contributed by atoms with Gasteiger partial charge >= 0.3 is 0 Å². The molecule has 11 rings (SSSR count). The first-order chi connectivity index (χ1) is 25.1. The topological polar surface area (TPSA) is 17.8 Å². The van der Waals surface area contributed by atoms with Crippen LogP contribution in [-0.4, -0.2) is 22.1 Å². The summed E-state index contributed by atoms with van der Waals surface area (Å²) in [5, 5.41) is 3.77. The summed E-state index contributed by atoms with van der Waals surface area (Å²) in [7, 11) is -1.44. The van der Waals surface area contributed by atoms with E-state index in [2.05, 4.69) is 175 Å². The number of nitrogens with zero attached hydrogens (tertiary/aromatic N) is 2. The molecule has 0 saturated heterocycles. The van der Waals surface area contributed by atoms with Crippen LogP contribution in [0.2, 0.25) is 0 Å². The average molecular weight is 671 g/mol. The molecule has 2 aliphatic heterocycles. The van der Waals surface area contributed by atoms with Crippen LogP contribution in [0.5, 0.6) is 0 Å². The summed E-state index contributed by atoms with van der Waals surface area (Å²) in [5.74, 6) is 0. The number of rotatable bonds is 2. The Labute approximate surface area is 299 Å². The average Bonchev–Trinajstić information content (AvgIpc) is 3.53. The molecule has 3 heteroatoms. The quantitative estimate of drug-likeness (QED) is 0.179. The van der Waals surface area contributed by atoms with Gasteiger partial charge in [0.05, 0.1) is 27.7 Å². The molecule has 0 saturated carbocycles. The van der Waals surface area contributed by atoms with Crippen molar-refractivity contribution < 1.29 is 0 Å². The number of hydrogen-bond donors (Lipinski definition) is 0. The van der Waals surface area contributed by atoms with E-state index in [1.807, 2.05) is 12.3 Å². The van der Waals surface area contributed by atoms with Gasteiger partial charge in [0.15, 0.2) is 0 Å². The van der Waals surface area contributed by atoms with Gasteiger partial charge < -0.3 is 4.57 Å². The second kappa shape index (κ2) is 10.3. The number of hydrogen-bond acceptors (Lipinski definition) is 1. The van der Waals surface area contributed by atoms with Gasteiger partial charge in [0, 0.05) is 32.8 Å². The van der Waals surface area contributed by atoms with E-state index in [1.54, 1.807) is 0 Å².